The lowest BCUT2D eigenvalue weighted by molar-refractivity contribution is -0.398. The lowest BCUT2D eigenvalue weighted by Crippen LogP contribution is -1.99. The van der Waals surface area contributed by atoms with Gasteiger partial charge in [0.1, 0.15) is 0 Å². The van der Waals surface area contributed by atoms with Gasteiger partial charge in [-0.15, -0.1) is 11.3 Å². The van der Waals surface area contributed by atoms with Gasteiger partial charge in [-0.05, 0) is 5.75 Å². The second-order valence-electron chi connectivity index (χ2n) is 4.76. The van der Waals surface area contributed by atoms with Gasteiger partial charge >= 0.3 is 0 Å². The van der Waals surface area contributed by atoms with Crippen molar-refractivity contribution < 1.29 is 10.0 Å². The summed E-state index contributed by atoms with van der Waals surface area (Å²) in [4.78, 5) is 14.4. The van der Waals surface area contributed by atoms with Crippen LogP contribution in [-0.4, -0.2) is 16.1 Å². The summed E-state index contributed by atoms with van der Waals surface area (Å²) in [6.45, 7) is 0. The molecule has 8 heteroatoms. The summed E-state index contributed by atoms with van der Waals surface area (Å²) >= 11 is 1.40. The summed E-state index contributed by atoms with van der Waals surface area (Å²) in [7, 11) is 0. The van der Waals surface area contributed by atoms with Gasteiger partial charge < -0.3 is 5.11 Å². The maximum absolute atomic E-state index is 11.3. The summed E-state index contributed by atoms with van der Waals surface area (Å²) in [5.74, 6) is -0.627. The number of nitro groups is 1. The zero-order valence-electron chi connectivity index (χ0n) is 12.2. The van der Waals surface area contributed by atoms with Crippen LogP contribution in [0, 0.1) is 10.1 Å². The van der Waals surface area contributed by atoms with Crippen molar-refractivity contribution in [3.63, 3.8) is 0 Å². The van der Waals surface area contributed by atoms with E-state index in [4.69, 9.17) is 0 Å². The number of hydrogen-bond donors (Lipinski definition) is 1. The van der Waals surface area contributed by atoms with Crippen molar-refractivity contribution in [2.45, 2.75) is 0 Å². The molecule has 0 amide bonds. The summed E-state index contributed by atoms with van der Waals surface area (Å²) in [6, 6.07) is 13.5. The molecule has 0 atom stereocenters. The first-order chi connectivity index (χ1) is 11.6. The second kappa shape index (κ2) is 6.88. The minimum atomic E-state index is -0.708. The molecule has 24 heavy (non-hydrogen) atoms. The quantitative estimate of drug-likeness (QED) is 0.436. The van der Waals surface area contributed by atoms with Gasteiger partial charge in [0.05, 0.1) is 16.8 Å². The van der Waals surface area contributed by atoms with Crippen LogP contribution in [0.3, 0.4) is 0 Å². The first kappa shape index (κ1) is 15.6. The fourth-order valence-corrected chi connectivity index (χ4v) is 2.65. The van der Waals surface area contributed by atoms with Crippen molar-refractivity contribution in [1.82, 2.24) is 4.98 Å². The minimum absolute atomic E-state index is 0.452. The molecule has 0 fully saturated rings. The maximum Gasteiger partial charge on any atom is 0.262 e. The highest BCUT2D eigenvalue weighted by atomic mass is 32.1. The van der Waals surface area contributed by atoms with Gasteiger partial charge in [-0.1, -0.05) is 42.5 Å². The molecule has 3 aromatic rings. The van der Waals surface area contributed by atoms with Crippen LogP contribution in [0.2, 0.25) is 0 Å². The van der Waals surface area contributed by atoms with Crippen LogP contribution in [0.4, 0.5) is 10.8 Å². The fraction of sp³-hybridized carbons (Fsp3) is 0. The van der Waals surface area contributed by atoms with Gasteiger partial charge in [-0.3, -0.25) is 15.5 Å². The molecule has 0 unspecified atom stereocenters. The largest absolute Gasteiger partial charge is 0.868 e. The molecule has 1 heterocycles. The third kappa shape index (κ3) is 3.55. The van der Waals surface area contributed by atoms with Gasteiger partial charge in [0.15, 0.2) is 0 Å². The first-order valence-corrected chi connectivity index (χ1v) is 7.77. The Kier molecular flexibility index (Phi) is 4.48. The fourth-order valence-electron chi connectivity index (χ4n) is 1.99. The summed E-state index contributed by atoms with van der Waals surface area (Å²) in [5.41, 5.74) is 4.60. The van der Waals surface area contributed by atoms with E-state index in [2.05, 4.69) is 15.5 Å². The molecular formula is C16H11N4O3S-. The molecule has 0 saturated heterocycles. The molecule has 0 aliphatic heterocycles. The van der Waals surface area contributed by atoms with Gasteiger partial charge in [-0.2, -0.15) is 5.10 Å². The molecule has 0 aliphatic rings. The van der Waals surface area contributed by atoms with Crippen LogP contribution in [0.25, 0.3) is 11.3 Å². The SMILES string of the molecule is O=[N+]([O-])c1cc(C=NNc2nc(-c3ccccc3)cs2)ccc1[O-]. The van der Waals surface area contributed by atoms with Crippen LogP contribution >= 0.6 is 11.3 Å². The van der Waals surface area contributed by atoms with Crippen molar-refractivity contribution in [2.24, 2.45) is 5.10 Å². The van der Waals surface area contributed by atoms with Gasteiger partial charge in [0.2, 0.25) is 5.13 Å². The smallest absolute Gasteiger partial charge is 0.262 e. The number of nitrogens with one attached hydrogen (secondary N) is 1. The second-order valence-corrected chi connectivity index (χ2v) is 5.62. The van der Waals surface area contributed by atoms with Crippen LogP contribution < -0.4 is 10.5 Å². The molecule has 2 aromatic carbocycles. The molecule has 7 nitrogen and oxygen atoms in total. The average Bonchev–Trinajstić information content (AvgIpc) is 3.06. The topological polar surface area (TPSA) is 103 Å². The summed E-state index contributed by atoms with van der Waals surface area (Å²) < 4.78 is 0. The van der Waals surface area contributed by atoms with E-state index in [1.807, 2.05) is 35.7 Å². The Labute approximate surface area is 141 Å². The number of nitro benzene ring substituents is 1. The number of anilines is 1. The van der Waals surface area contributed by atoms with E-state index in [1.165, 1.54) is 29.7 Å². The van der Waals surface area contributed by atoms with Crippen molar-refractivity contribution >= 4 is 28.4 Å². The van der Waals surface area contributed by atoms with Gasteiger partial charge in [0.25, 0.3) is 5.69 Å². The summed E-state index contributed by atoms with van der Waals surface area (Å²) in [5, 5.41) is 28.6. The molecule has 0 aliphatic carbocycles. The average molecular weight is 339 g/mol. The molecule has 3 rings (SSSR count). The molecule has 0 saturated carbocycles. The molecule has 1 N–H and O–H groups in total. The van der Waals surface area contributed by atoms with E-state index in [1.54, 1.807) is 0 Å². The van der Waals surface area contributed by atoms with E-state index >= 15 is 0 Å². The first-order valence-electron chi connectivity index (χ1n) is 6.89. The molecule has 0 radical (unpaired) electrons. The third-order valence-corrected chi connectivity index (χ3v) is 3.87. The van der Waals surface area contributed by atoms with E-state index in [9.17, 15) is 15.2 Å². The zero-order valence-corrected chi connectivity index (χ0v) is 13.1. The number of hydrazone groups is 1. The van der Waals surface area contributed by atoms with E-state index < -0.39 is 16.4 Å². The molecule has 1 aromatic heterocycles. The van der Waals surface area contributed by atoms with Crippen molar-refractivity contribution in [3.05, 3.63) is 69.6 Å². The molecule has 0 spiro atoms. The monoisotopic (exact) mass is 339 g/mol. The zero-order chi connectivity index (χ0) is 16.9. The highest BCUT2D eigenvalue weighted by molar-refractivity contribution is 7.14. The van der Waals surface area contributed by atoms with E-state index in [0.717, 1.165) is 17.3 Å². The van der Waals surface area contributed by atoms with Gasteiger partial charge in [-0.25, -0.2) is 4.98 Å². The minimum Gasteiger partial charge on any atom is -0.868 e. The Balaban J connectivity index is 1.70. The Hall–Kier alpha value is -3.26. The highest BCUT2D eigenvalue weighted by Crippen LogP contribution is 2.25. The third-order valence-electron chi connectivity index (χ3n) is 3.13. The van der Waals surface area contributed by atoms with Crippen LogP contribution in [0.1, 0.15) is 5.56 Å². The number of rotatable bonds is 5. The van der Waals surface area contributed by atoms with Gasteiger partial charge in [0, 0.05) is 22.6 Å². The summed E-state index contributed by atoms with van der Waals surface area (Å²) in [6.07, 6.45) is 1.40. The number of thiazole rings is 1. The normalized spacial score (nSPS) is 10.8. The standard InChI is InChI=1S/C16H12N4O3S/c21-15-7-6-11(8-14(15)20(22)23)9-17-19-16-18-13(10-24-16)12-4-2-1-3-5-12/h1-10,21H,(H,18,19)/p-1. The highest BCUT2D eigenvalue weighted by Gasteiger charge is 2.07. The van der Waals surface area contributed by atoms with Crippen LogP contribution in [0.15, 0.2) is 59.0 Å². The number of benzene rings is 2. The Morgan fingerprint density at radius 2 is 2.00 bits per heavy atom. The number of hydrogen-bond acceptors (Lipinski definition) is 7. The molecule has 120 valence electrons. The number of nitrogens with zero attached hydrogens (tertiary/aromatic N) is 3. The predicted octanol–water partition coefficient (Wildman–Crippen LogP) is 3.24. The van der Waals surface area contributed by atoms with Crippen LogP contribution in [0.5, 0.6) is 5.75 Å². The van der Waals surface area contributed by atoms with Crippen LogP contribution in [-0.2, 0) is 0 Å². The molecular weight excluding hydrogens is 328 g/mol. The van der Waals surface area contributed by atoms with Crippen molar-refractivity contribution in [1.29, 1.82) is 0 Å². The van der Waals surface area contributed by atoms with E-state index in [-0.39, 0.29) is 0 Å². The van der Waals surface area contributed by atoms with E-state index in [0.29, 0.717) is 10.7 Å². The predicted molar refractivity (Wildman–Crippen MR) is 91.3 cm³/mol. The lowest BCUT2D eigenvalue weighted by Gasteiger charge is -2.05. The Morgan fingerprint density at radius 1 is 1.21 bits per heavy atom. The maximum atomic E-state index is 11.3. The van der Waals surface area contributed by atoms with Crippen molar-refractivity contribution in [2.75, 3.05) is 5.43 Å². The Morgan fingerprint density at radius 3 is 2.75 bits per heavy atom. The Bertz CT molecular complexity index is 893. The lowest BCUT2D eigenvalue weighted by atomic mass is 10.2. The number of aromatic nitrogens is 1. The van der Waals surface area contributed by atoms with Crippen molar-refractivity contribution in [3.8, 4) is 17.0 Å². The molecule has 0 bridgehead atoms.